The lowest BCUT2D eigenvalue weighted by Gasteiger charge is -2.18. The lowest BCUT2D eigenvalue weighted by molar-refractivity contribution is 0.457. The number of nitrogens with one attached hydrogen (secondary N) is 1. The number of rotatable bonds is 8. The molecule has 114 valence electrons. The minimum absolute atomic E-state index is 0.561. The van der Waals surface area contributed by atoms with Crippen molar-refractivity contribution in [3.05, 3.63) is 53.6 Å². The topological polar surface area (TPSA) is 29.9 Å². The third-order valence-electron chi connectivity index (χ3n) is 4.15. The van der Waals surface area contributed by atoms with Crippen molar-refractivity contribution in [1.82, 2.24) is 14.9 Å². The van der Waals surface area contributed by atoms with Crippen LogP contribution in [-0.2, 0) is 19.9 Å². The van der Waals surface area contributed by atoms with Crippen molar-refractivity contribution >= 4 is 0 Å². The van der Waals surface area contributed by atoms with Crippen LogP contribution in [0, 0.1) is 6.92 Å². The Labute approximate surface area is 128 Å². The molecular formula is C18H27N3. The SMILES string of the molecule is CCNC(CCc1ccccc1C)CCc1nccn1C. The number of benzene rings is 1. The van der Waals surface area contributed by atoms with Gasteiger partial charge in [-0.1, -0.05) is 31.2 Å². The second kappa shape index (κ2) is 7.99. The van der Waals surface area contributed by atoms with Gasteiger partial charge in [0.15, 0.2) is 0 Å². The Kier molecular flexibility index (Phi) is 6.00. The molecule has 0 aliphatic carbocycles. The van der Waals surface area contributed by atoms with E-state index in [1.165, 1.54) is 23.4 Å². The van der Waals surface area contributed by atoms with Crippen molar-refractivity contribution in [3.63, 3.8) is 0 Å². The predicted molar refractivity (Wildman–Crippen MR) is 88.5 cm³/mol. The Morgan fingerprint density at radius 2 is 1.95 bits per heavy atom. The molecular weight excluding hydrogens is 258 g/mol. The smallest absolute Gasteiger partial charge is 0.108 e. The maximum atomic E-state index is 4.42. The standard InChI is InChI=1S/C18H27N3/c1-4-19-17(11-12-18-20-13-14-21(18)3)10-9-16-8-6-5-7-15(16)2/h5-8,13-14,17,19H,4,9-12H2,1-3H3. The molecule has 1 unspecified atom stereocenters. The van der Waals surface area contributed by atoms with Crippen LogP contribution < -0.4 is 5.32 Å². The number of nitrogens with zero attached hydrogens (tertiary/aromatic N) is 2. The van der Waals surface area contributed by atoms with E-state index in [-0.39, 0.29) is 0 Å². The van der Waals surface area contributed by atoms with Gasteiger partial charge in [0.25, 0.3) is 0 Å². The van der Waals surface area contributed by atoms with Crippen LogP contribution in [0.25, 0.3) is 0 Å². The summed E-state index contributed by atoms with van der Waals surface area (Å²) in [6, 6.07) is 9.26. The Morgan fingerprint density at radius 1 is 1.19 bits per heavy atom. The highest BCUT2D eigenvalue weighted by atomic mass is 15.0. The predicted octanol–water partition coefficient (Wildman–Crippen LogP) is 3.27. The van der Waals surface area contributed by atoms with Crippen molar-refractivity contribution < 1.29 is 0 Å². The maximum Gasteiger partial charge on any atom is 0.108 e. The summed E-state index contributed by atoms with van der Waals surface area (Å²) in [5.41, 5.74) is 2.87. The Balaban J connectivity index is 1.87. The molecule has 0 saturated heterocycles. The molecule has 0 radical (unpaired) electrons. The van der Waals surface area contributed by atoms with Crippen molar-refractivity contribution in [2.24, 2.45) is 7.05 Å². The van der Waals surface area contributed by atoms with Crippen molar-refractivity contribution in [2.75, 3.05) is 6.54 Å². The van der Waals surface area contributed by atoms with E-state index in [9.17, 15) is 0 Å². The first kappa shape index (κ1) is 15.8. The van der Waals surface area contributed by atoms with Crippen molar-refractivity contribution in [1.29, 1.82) is 0 Å². The van der Waals surface area contributed by atoms with Crippen LogP contribution in [-0.4, -0.2) is 22.1 Å². The second-order valence-corrected chi connectivity index (χ2v) is 5.71. The lowest BCUT2D eigenvalue weighted by atomic mass is 9.98. The average Bonchev–Trinajstić information content (AvgIpc) is 2.89. The van der Waals surface area contributed by atoms with E-state index in [1.807, 2.05) is 12.4 Å². The van der Waals surface area contributed by atoms with E-state index in [0.29, 0.717) is 6.04 Å². The fourth-order valence-electron chi connectivity index (χ4n) is 2.80. The first-order valence-corrected chi connectivity index (χ1v) is 7.94. The number of aromatic nitrogens is 2. The molecule has 1 N–H and O–H groups in total. The highest BCUT2D eigenvalue weighted by Gasteiger charge is 2.10. The van der Waals surface area contributed by atoms with Gasteiger partial charge in [-0.05, 0) is 43.9 Å². The van der Waals surface area contributed by atoms with Crippen LogP contribution in [0.5, 0.6) is 0 Å². The Hall–Kier alpha value is -1.61. The first-order valence-electron chi connectivity index (χ1n) is 7.94. The largest absolute Gasteiger partial charge is 0.338 e. The van der Waals surface area contributed by atoms with Crippen molar-refractivity contribution in [3.8, 4) is 0 Å². The quantitative estimate of drug-likeness (QED) is 0.806. The molecule has 0 saturated carbocycles. The van der Waals surface area contributed by atoms with Crippen molar-refractivity contribution in [2.45, 2.75) is 45.6 Å². The third kappa shape index (κ3) is 4.71. The summed E-state index contributed by atoms with van der Waals surface area (Å²) in [4.78, 5) is 4.42. The molecule has 1 atom stereocenters. The molecule has 1 aromatic heterocycles. The van der Waals surface area contributed by atoms with Crippen LogP contribution in [0.1, 0.15) is 36.7 Å². The van der Waals surface area contributed by atoms with E-state index in [4.69, 9.17) is 0 Å². The fourth-order valence-corrected chi connectivity index (χ4v) is 2.80. The molecule has 2 aromatic rings. The maximum absolute atomic E-state index is 4.42. The molecule has 0 aliphatic heterocycles. The molecule has 0 fully saturated rings. The van der Waals surface area contributed by atoms with Gasteiger partial charge in [0, 0.05) is 31.9 Å². The number of hydrogen-bond donors (Lipinski definition) is 1. The molecule has 3 nitrogen and oxygen atoms in total. The van der Waals surface area contributed by atoms with E-state index in [0.717, 1.165) is 25.8 Å². The van der Waals surface area contributed by atoms with Crippen LogP contribution in [0.2, 0.25) is 0 Å². The van der Waals surface area contributed by atoms with Crippen LogP contribution >= 0.6 is 0 Å². The van der Waals surface area contributed by atoms with E-state index in [1.54, 1.807) is 0 Å². The molecule has 1 aromatic carbocycles. The van der Waals surface area contributed by atoms with Crippen LogP contribution in [0.3, 0.4) is 0 Å². The van der Waals surface area contributed by atoms with E-state index < -0.39 is 0 Å². The second-order valence-electron chi connectivity index (χ2n) is 5.71. The summed E-state index contributed by atoms with van der Waals surface area (Å²) < 4.78 is 2.12. The summed E-state index contributed by atoms with van der Waals surface area (Å²) >= 11 is 0. The summed E-state index contributed by atoms with van der Waals surface area (Å²) in [6.45, 7) is 5.41. The molecule has 3 heteroatoms. The average molecular weight is 285 g/mol. The normalized spacial score (nSPS) is 12.5. The van der Waals surface area contributed by atoms with Gasteiger partial charge in [-0.2, -0.15) is 0 Å². The summed E-state index contributed by atoms with van der Waals surface area (Å²) in [5, 5.41) is 3.62. The van der Waals surface area contributed by atoms with Gasteiger partial charge in [-0.15, -0.1) is 0 Å². The highest BCUT2D eigenvalue weighted by Crippen LogP contribution is 2.13. The van der Waals surface area contributed by atoms with Gasteiger partial charge in [0.2, 0.25) is 0 Å². The summed E-state index contributed by atoms with van der Waals surface area (Å²) in [7, 11) is 2.07. The summed E-state index contributed by atoms with van der Waals surface area (Å²) in [5.74, 6) is 1.17. The van der Waals surface area contributed by atoms with Gasteiger partial charge in [0.1, 0.15) is 5.82 Å². The molecule has 0 aliphatic rings. The van der Waals surface area contributed by atoms with Gasteiger partial charge < -0.3 is 9.88 Å². The number of aryl methyl sites for hydroxylation is 4. The highest BCUT2D eigenvalue weighted by molar-refractivity contribution is 5.25. The van der Waals surface area contributed by atoms with Gasteiger partial charge in [-0.3, -0.25) is 0 Å². The van der Waals surface area contributed by atoms with Gasteiger partial charge in [-0.25, -0.2) is 4.98 Å². The fraction of sp³-hybridized carbons (Fsp3) is 0.500. The van der Waals surface area contributed by atoms with Gasteiger partial charge in [0.05, 0.1) is 0 Å². The Morgan fingerprint density at radius 3 is 2.62 bits per heavy atom. The zero-order valence-corrected chi connectivity index (χ0v) is 13.5. The van der Waals surface area contributed by atoms with Gasteiger partial charge >= 0.3 is 0 Å². The zero-order valence-electron chi connectivity index (χ0n) is 13.5. The summed E-state index contributed by atoms with van der Waals surface area (Å²) in [6.07, 6.45) is 8.41. The van der Waals surface area contributed by atoms with Crippen LogP contribution in [0.4, 0.5) is 0 Å². The minimum atomic E-state index is 0.561. The molecule has 2 rings (SSSR count). The molecule has 21 heavy (non-hydrogen) atoms. The van der Waals surface area contributed by atoms with Crippen LogP contribution in [0.15, 0.2) is 36.7 Å². The number of imidazole rings is 1. The molecule has 0 spiro atoms. The molecule has 0 amide bonds. The third-order valence-corrected chi connectivity index (χ3v) is 4.15. The van der Waals surface area contributed by atoms with E-state index in [2.05, 4.69) is 60.0 Å². The minimum Gasteiger partial charge on any atom is -0.338 e. The Bertz CT molecular complexity index is 545. The molecule has 0 bridgehead atoms. The zero-order chi connectivity index (χ0) is 15.1. The first-order chi connectivity index (χ1) is 10.2. The monoisotopic (exact) mass is 285 g/mol. The molecule has 1 heterocycles. The lowest BCUT2D eigenvalue weighted by Crippen LogP contribution is -2.30. The number of hydrogen-bond acceptors (Lipinski definition) is 2. The van der Waals surface area contributed by atoms with E-state index >= 15 is 0 Å².